The van der Waals surface area contributed by atoms with E-state index in [-0.39, 0.29) is 6.03 Å². The molecule has 0 unspecified atom stereocenters. The van der Waals surface area contributed by atoms with E-state index in [0.29, 0.717) is 17.6 Å². The molecule has 0 aromatic carbocycles. The van der Waals surface area contributed by atoms with Gasteiger partial charge in [-0.15, -0.1) is 0 Å². The molecule has 0 aliphatic carbocycles. The Hall–Kier alpha value is -0.880. The Morgan fingerprint density at radius 2 is 1.83 bits per heavy atom. The zero-order valence-corrected chi connectivity index (χ0v) is 11.5. The minimum Gasteiger partial charge on any atom is -0.392 e. The summed E-state index contributed by atoms with van der Waals surface area (Å²) in [5.41, 5.74) is 5.53. The van der Waals surface area contributed by atoms with Crippen LogP contribution in [0, 0.1) is 0 Å². The van der Waals surface area contributed by atoms with Crippen molar-refractivity contribution >= 4 is 23.2 Å². The topological polar surface area (TPSA) is 61.6 Å². The lowest BCUT2D eigenvalue weighted by molar-refractivity contribution is 0.186. The predicted octanol–water partition coefficient (Wildman–Crippen LogP) is 0.542. The third-order valence-corrected chi connectivity index (χ3v) is 3.82. The highest BCUT2D eigenvalue weighted by Crippen LogP contribution is 2.12. The summed E-state index contributed by atoms with van der Waals surface area (Å²) < 4.78 is 0. The molecule has 0 spiro atoms. The van der Waals surface area contributed by atoms with Crippen molar-refractivity contribution in [3.8, 4) is 0 Å². The Balaban J connectivity index is 1.69. The number of nitrogens with one attached hydrogen (secondary N) is 1. The summed E-state index contributed by atoms with van der Waals surface area (Å²) in [6.45, 7) is 4.44. The van der Waals surface area contributed by atoms with Gasteiger partial charge in [0.15, 0.2) is 0 Å². The predicted molar refractivity (Wildman–Crippen MR) is 75.6 cm³/mol. The highest BCUT2D eigenvalue weighted by Gasteiger charge is 2.24. The van der Waals surface area contributed by atoms with Crippen LogP contribution in [0.1, 0.15) is 25.7 Å². The fourth-order valence-electron chi connectivity index (χ4n) is 2.64. The first-order valence-corrected chi connectivity index (χ1v) is 7.12. The lowest BCUT2D eigenvalue weighted by Gasteiger charge is -2.32. The third-order valence-electron chi connectivity index (χ3n) is 3.69. The number of amides is 2. The van der Waals surface area contributed by atoms with Gasteiger partial charge in [0.25, 0.3) is 0 Å². The van der Waals surface area contributed by atoms with E-state index in [2.05, 4.69) is 10.2 Å². The van der Waals surface area contributed by atoms with E-state index in [0.717, 1.165) is 51.9 Å². The zero-order chi connectivity index (χ0) is 13.0. The van der Waals surface area contributed by atoms with Crippen LogP contribution in [0.25, 0.3) is 0 Å². The van der Waals surface area contributed by atoms with Gasteiger partial charge in [-0.1, -0.05) is 12.2 Å². The van der Waals surface area contributed by atoms with E-state index in [1.807, 2.05) is 4.90 Å². The van der Waals surface area contributed by atoms with Gasteiger partial charge in [-0.2, -0.15) is 0 Å². The van der Waals surface area contributed by atoms with E-state index in [4.69, 9.17) is 18.0 Å². The number of carbonyl (C=O) groups excluding carboxylic acids is 1. The number of rotatable bonds is 3. The summed E-state index contributed by atoms with van der Waals surface area (Å²) in [6, 6.07) is 0.418. The fourth-order valence-corrected chi connectivity index (χ4v) is 2.82. The molecule has 0 radical (unpaired) electrons. The van der Waals surface area contributed by atoms with E-state index >= 15 is 0 Å². The molecule has 102 valence electrons. The molecular weight excluding hydrogens is 248 g/mol. The van der Waals surface area contributed by atoms with Crippen molar-refractivity contribution in [2.45, 2.75) is 31.7 Å². The largest absolute Gasteiger partial charge is 0.392 e. The first kappa shape index (κ1) is 13.5. The number of piperidine rings is 1. The molecule has 2 fully saturated rings. The molecule has 3 N–H and O–H groups in total. The molecule has 2 amide bonds. The van der Waals surface area contributed by atoms with Crippen molar-refractivity contribution in [2.24, 2.45) is 5.73 Å². The van der Waals surface area contributed by atoms with Crippen molar-refractivity contribution < 1.29 is 4.79 Å². The van der Waals surface area contributed by atoms with Crippen LogP contribution in [0.3, 0.4) is 0 Å². The van der Waals surface area contributed by atoms with Crippen LogP contribution in [-0.2, 0) is 0 Å². The number of urea groups is 1. The summed E-state index contributed by atoms with van der Waals surface area (Å²) in [5.74, 6) is 0. The lowest BCUT2D eigenvalue weighted by atomic mass is 10.1. The first-order chi connectivity index (χ1) is 8.65. The summed E-state index contributed by atoms with van der Waals surface area (Å²) in [5, 5.41) is 3.13. The molecule has 0 bridgehead atoms. The van der Waals surface area contributed by atoms with Gasteiger partial charge in [0.2, 0.25) is 0 Å². The molecule has 0 atom stereocenters. The number of thiocarbonyl (C=S) groups is 1. The average molecular weight is 270 g/mol. The van der Waals surface area contributed by atoms with Crippen molar-refractivity contribution in [1.82, 2.24) is 15.1 Å². The normalized spacial score (nSPS) is 22.1. The van der Waals surface area contributed by atoms with Crippen molar-refractivity contribution in [1.29, 1.82) is 0 Å². The zero-order valence-electron chi connectivity index (χ0n) is 10.7. The molecule has 2 saturated heterocycles. The van der Waals surface area contributed by atoms with Crippen LogP contribution in [0.2, 0.25) is 0 Å². The summed E-state index contributed by atoms with van der Waals surface area (Å²) in [7, 11) is 0. The summed E-state index contributed by atoms with van der Waals surface area (Å²) in [6.07, 6.45) is 4.25. The van der Waals surface area contributed by atoms with Gasteiger partial charge in [-0.3, -0.25) is 4.90 Å². The molecular formula is C12H22N4OS. The molecule has 6 heteroatoms. The Labute approximate surface area is 114 Å². The van der Waals surface area contributed by atoms with Crippen LogP contribution in [0.4, 0.5) is 4.79 Å². The first-order valence-electron chi connectivity index (χ1n) is 6.71. The molecule has 0 saturated carbocycles. The van der Waals surface area contributed by atoms with Crippen molar-refractivity contribution in [3.63, 3.8) is 0 Å². The van der Waals surface area contributed by atoms with E-state index in [1.54, 1.807) is 0 Å². The highest BCUT2D eigenvalue weighted by molar-refractivity contribution is 7.80. The van der Waals surface area contributed by atoms with Gasteiger partial charge in [-0.25, -0.2) is 4.79 Å². The molecule has 5 nitrogen and oxygen atoms in total. The highest BCUT2D eigenvalue weighted by atomic mass is 32.1. The molecule has 2 rings (SSSR count). The second kappa shape index (κ2) is 6.33. The Morgan fingerprint density at radius 3 is 2.39 bits per heavy atom. The third kappa shape index (κ3) is 3.81. The average Bonchev–Trinajstić information content (AvgIpc) is 2.84. The maximum atomic E-state index is 11.9. The standard InChI is InChI=1S/C12H22N4OS/c13-11(18)9-15-7-3-10(4-8-15)14-12(17)16-5-1-2-6-16/h10H,1-9H2,(H2,13,18)(H,14,17). The van der Waals surface area contributed by atoms with Crippen molar-refractivity contribution in [2.75, 3.05) is 32.7 Å². The van der Waals surface area contributed by atoms with Crippen LogP contribution in [0.15, 0.2) is 0 Å². The molecule has 18 heavy (non-hydrogen) atoms. The van der Waals surface area contributed by atoms with Gasteiger partial charge >= 0.3 is 6.03 Å². The minimum atomic E-state index is 0.111. The molecule has 2 heterocycles. The second-order valence-corrected chi connectivity index (χ2v) is 5.68. The van der Waals surface area contributed by atoms with Crippen molar-refractivity contribution in [3.05, 3.63) is 0 Å². The Bertz CT molecular complexity index is 309. The molecule has 2 aliphatic rings. The minimum absolute atomic E-state index is 0.111. The number of likely N-dealkylation sites (tertiary alicyclic amines) is 2. The van der Waals surface area contributed by atoms with Gasteiger partial charge in [0.05, 0.1) is 4.99 Å². The van der Waals surface area contributed by atoms with Crippen LogP contribution >= 0.6 is 12.2 Å². The number of hydrogen-bond donors (Lipinski definition) is 2. The molecule has 0 aromatic rings. The number of nitrogens with zero attached hydrogens (tertiary/aromatic N) is 2. The Morgan fingerprint density at radius 1 is 1.22 bits per heavy atom. The summed E-state index contributed by atoms with van der Waals surface area (Å²) in [4.78, 5) is 16.7. The number of nitrogens with two attached hydrogens (primary N) is 1. The Kier molecular flexibility index (Phi) is 4.77. The molecule has 0 aromatic heterocycles. The number of carbonyl (C=O) groups is 1. The number of hydrogen-bond acceptors (Lipinski definition) is 3. The monoisotopic (exact) mass is 270 g/mol. The van der Waals surface area contributed by atoms with Gasteiger partial charge in [0, 0.05) is 38.8 Å². The van der Waals surface area contributed by atoms with E-state index in [9.17, 15) is 4.79 Å². The van der Waals surface area contributed by atoms with Crippen LogP contribution < -0.4 is 11.1 Å². The van der Waals surface area contributed by atoms with Gasteiger partial charge in [-0.05, 0) is 25.7 Å². The van der Waals surface area contributed by atoms with E-state index < -0.39 is 0 Å². The van der Waals surface area contributed by atoms with Gasteiger partial charge in [0.1, 0.15) is 0 Å². The smallest absolute Gasteiger partial charge is 0.317 e. The van der Waals surface area contributed by atoms with Crippen LogP contribution in [0.5, 0.6) is 0 Å². The lowest BCUT2D eigenvalue weighted by Crippen LogP contribution is -2.49. The quantitative estimate of drug-likeness (QED) is 0.735. The second-order valence-electron chi connectivity index (χ2n) is 5.16. The maximum Gasteiger partial charge on any atom is 0.317 e. The maximum absolute atomic E-state index is 11.9. The van der Waals surface area contributed by atoms with Gasteiger partial charge < -0.3 is 16.0 Å². The molecule has 2 aliphatic heterocycles. The van der Waals surface area contributed by atoms with E-state index in [1.165, 1.54) is 0 Å². The fraction of sp³-hybridized carbons (Fsp3) is 0.833. The summed E-state index contributed by atoms with van der Waals surface area (Å²) >= 11 is 4.91. The SMILES string of the molecule is NC(=S)CN1CCC(NC(=O)N2CCCC2)CC1. The van der Waals surface area contributed by atoms with Crippen LogP contribution in [-0.4, -0.2) is 59.6 Å².